The minimum atomic E-state index is -2.01. The highest BCUT2D eigenvalue weighted by Crippen LogP contribution is 2.29. The predicted molar refractivity (Wildman–Crippen MR) is 118 cm³/mol. The largest absolute Gasteiger partial charge is 0.481 e. The van der Waals surface area contributed by atoms with Crippen molar-refractivity contribution in [1.82, 2.24) is 0 Å². The predicted octanol–water partition coefficient (Wildman–Crippen LogP) is 5.11. The number of thioether (sulfide) groups is 1. The molecule has 3 atom stereocenters. The van der Waals surface area contributed by atoms with Crippen molar-refractivity contribution in [2.24, 2.45) is 0 Å². The first-order valence-electron chi connectivity index (χ1n) is 11.3. The second-order valence-corrected chi connectivity index (χ2v) is 9.25. The van der Waals surface area contributed by atoms with Gasteiger partial charge in [0.15, 0.2) is 0 Å². The Kier molecular flexibility index (Phi) is 17.4. The van der Waals surface area contributed by atoms with Crippen LogP contribution in [0.3, 0.4) is 0 Å². The van der Waals surface area contributed by atoms with Crippen molar-refractivity contribution >= 4 is 17.7 Å². The number of carboxylic acids is 1. The third-order valence-corrected chi connectivity index (χ3v) is 6.61. The normalized spacial score (nSPS) is 15.9. The van der Waals surface area contributed by atoms with E-state index in [9.17, 15) is 20.1 Å². The molecule has 6 heteroatoms. The third-order valence-electron chi connectivity index (χ3n) is 5.36. The maximum atomic E-state index is 10.8. The Labute approximate surface area is 176 Å². The van der Waals surface area contributed by atoms with Crippen LogP contribution in [-0.2, 0) is 4.79 Å². The third kappa shape index (κ3) is 13.8. The summed E-state index contributed by atoms with van der Waals surface area (Å²) in [4.78, 5) is 10.8. The molecule has 0 aromatic rings. The van der Waals surface area contributed by atoms with Gasteiger partial charge in [-0.2, -0.15) is 0 Å². The van der Waals surface area contributed by atoms with E-state index < -0.39 is 29.5 Å². The van der Waals surface area contributed by atoms with E-state index in [1.54, 1.807) is 0 Å². The fourth-order valence-corrected chi connectivity index (χ4v) is 4.48. The van der Waals surface area contributed by atoms with Crippen LogP contribution in [-0.4, -0.2) is 49.3 Å². The van der Waals surface area contributed by atoms with Gasteiger partial charge in [-0.3, -0.25) is 4.79 Å². The standard InChI is InChI=1S/C22H44O5S/c1-3-4-5-6-7-8-9-10-11-12-13-14-15-16-17-28-21(26)22(27,19(2)23)18-20(24)25/h19,21,23,26-27H,3-18H2,1-2H3,(H,24,25). The summed E-state index contributed by atoms with van der Waals surface area (Å²) in [6.45, 7) is 3.56. The zero-order valence-electron chi connectivity index (χ0n) is 18.1. The molecule has 28 heavy (non-hydrogen) atoms. The number of aliphatic carboxylic acids is 1. The molecule has 0 saturated heterocycles. The summed E-state index contributed by atoms with van der Waals surface area (Å²) >= 11 is 1.12. The minimum absolute atomic E-state index is 0.647. The van der Waals surface area contributed by atoms with Crippen molar-refractivity contribution in [2.75, 3.05) is 5.75 Å². The van der Waals surface area contributed by atoms with Gasteiger partial charge in [0, 0.05) is 0 Å². The molecular weight excluding hydrogens is 376 g/mol. The highest BCUT2D eigenvalue weighted by molar-refractivity contribution is 7.99. The molecule has 0 aromatic heterocycles. The summed E-state index contributed by atoms with van der Waals surface area (Å²) in [7, 11) is 0. The lowest BCUT2D eigenvalue weighted by molar-refractivity contribution is -0.156. The summed E-state index contributed by atoms with van der Waals surface area (Å²) < 4.78 is 0. The topological polar surface area (TPSA) is 98.0 Å². The van der Waals surface area contributed by atoms with Crippen molar-refractivity contribution in [3.63, 3.8) is 0 Å². The zero-order chi connectivity index (χ0) is 21.3. The molecule has 0 bridgehead atoms. The summed E-state index contributed by atoms with van der Waals surface area (Å²) in [5.41, 5.74) is -3.31. The van der Waals surface area contributed by atoms with Crippen molar-refractivity contribution in [1.29, 1.82) is 0 Å². The molecule has 0 aliphatic heterocycles. The van der Waals surface area contributed by atoms with Gasteiger partial charge in [-0.15, -0.1) is 11.8 Å². The highest BCUT2D eigenvalue weighted by atomic mass is 32.2. The SMILES string of the molecule is CCCCCCCCCCCCCCCCSC(O)C(O)(CC(=O)O)C(C)O. The number of carbonyl (C=O) groups is 1. The first-order valence-corrected chi connectivity index (χ1v) is 12.3. The first-order chi connectivity index (χ1) is 13.3. The first kappa shape index (κ1) is 27.7. The van der Waals surface area contributed by atoms with Gasteiger partial charge in [-0.05, 0) is 19.1 Å². The van der Waals surface area contributed by atoms with Gasteiger partial charge in [-0.1, -0.05) is 90.4 Å². The van der Waals surface area contributed by atoms with Crippen LogP contribution in [0.25, 0.3) is 0 Å². The summed E-state index contributed by atoms with van der Waals surface area (Å²) in [6.07, 6.45) is 16.0. The Bertz CT molecular complexity index is 378. The van der Waals surface area contributed by atoms with Gasteiger partial charge in [0.2, 0.25) is 0 Å². The fraction of sp³-hybridized carbons (Fsp3) is 0.955. The molecule has 0 spiro atoms. The van der Waals surface area contributed by atoms with Crippen LogP contribution in [0.15, 0.2) is 0 Å². The second kappa shape index (κ2) is 17.5. The zero-order valence-corrected chi connectivity index (χ0v) is 18.9. The van der Waals surface area contributed by atoms with E-state index >= 15 is 0 Å². The van der Waals surface area contributed by atoms with Gasteiger partial charge < -0.3 is 20.4 Å². The van der Waals surface area contributed by atoms with E-state index in [1.165, 1.54) is 84.0 Å². The molecule has 0 aliphatic rings. The molecule has 0 rings (SSSR count). The van der Waals surface area contributed by atoms with Crippen molar-refractivity contribution < 1.29 is 25.2 Å². The Hall–Kier alpha value is -0.300. The smallest absolute Gasteiger partial charge is 0.306 e. The monoisotopic (exact) mass is 420 g/mol. The maximum absolute atomic E-state index is 10.8. The number of aliphatic hydroxyl groups is 3. The van der Waals surface area contributed by atoms with E-state index in [2.05, 4.69) is 6.92 Å². The van der Waals surface area contributed by atoms with E-state index in [0.29, 0.717) is 5.75 Å². The van der Waals surface area contributed by atoms with Gasteiger partial charge in [-0.25, -0.2) is 0 Å². The molecule has 4 N–H and O–H groups in total. The Morgan fingerprint density at radius 3 is 1.57 bits per heavy atom. The van der Waals surface area contributed by atoms with Gasteiger partial charge in [0.05, 0.1) is 12.5 Å². The van der Waals surface area contributed by atoms with Crippen LogP contribution in [0.1, 0.15) is 110 Å². The van der Waals surface area contributed by atoms with Crippen molar-refractivity contribution in [3.05, 3.63) is 0 Å². The maximum Gasteiger partial charge on any atom is 0.306 e. The lowest BCUT2D eigenvalue weighted by Gasteiger charge is -2.33. The molecule has 0 fully saturated rings. The molecule has 0 saturated carbocycles. The Balaban J connectivity index is 3.55. The molecular formula is C22H44O5S. The highest BCUT2D eigenvalue weighted by Gasteiger charge is 2.42. The molecule has 0 heterocycles. The fourth-order valence-electron chi connectivity index (χ4n) is 3.32. The Morgan fingerprint density at radius 2 is 1.21 bits per heavy atom. The quantitative estimate of drug-likeness (QED) is 0.161. The molecule has 0 amide bonds. The number of unbranched alkanes of at least 4 members (excludes halogenated alkanes) is 13. The lowest BCUT2D eigenvalue weighted by atomic mass is 9.94. The van der Waals surface area contributed by atoms with Crippen LogP contribution >= 0.6 is 11.8 Å². The van der Waals surface area contributed by atoms with Crippen LogP contribution < -0.4 is 0 Å². The van der Waals surface area contributed by atoms with Gasteiger partial charge >= 0.3 is 5.97 Å². The van der Waals surface area contributed by atoms with E-state index in [1.807, 2.05) is 0 Å². The van der Waals surface area contributed by atoms with Crippen LogP contribution in [0, 0.1) is 0 Å². The molecule has 0 aliphatic carbocycles. The van der Waals surface area contributed by atoms with E-state index in [4.69, 9.17) is 5.11 Å². The molecule has 168 valence electrons. The average molecular weight is 421 g/mol. The summed E-state index contributed by atoms with van der Waals surface area (Å²) in [5.74, 6) is -0.590. The minimum Gasteiger partial charge on any atom is -0.481 e. The van der Waals surface area contributed by atoms with Crippen LogP contribution in [0.5, 0.6) is 0 Å². The lowest BCUT2D eigenvalue weighted by Crippen LogP contribution is -2.51. The second-order valence-electron chi connectivity index (χ2n) is 8.06. The number of hydrogen-bond acceptors (Lipinski definition) is 5. The molecule has 3 unspecified atom stereocenters. The van der Waals surface area contributed by atoms with Crippen molar-refractivity contribution in [3.8, 4) is 0 Å². The molecule has 0 radical (unpaired) electrons. The summed E-state index contributed by atoms with van der Waals surface area (Å²) in [5, 5.41) is 38.8. The number of rotatable bonds is 20. The number of hydrogen-bond donors (Lipinski definition) is 4. The Morgan fingerprint density at radius 1 is 0.821 bits per heavy atom. The summed E-state index contributed by atoms with van der Waals surface area (Å²) in [6, 6.07) is 0. The van der Waals surface area contributed by atoms with E-state index in [-0.39, 0.29) is 0 Å². The van der Waals surface area contributed by atoms with Gasteiger partial charge in [0.1, 0.15) is 11.0 Å². The van der Waals surface area contributed by atoms with Gasteiger partial charge in [0.25, 0.3) is 0 Å². The average Bonchev–Trinajstić information content (AvgIpc) is 2.63. The van der Waals surface area contributed by atoms with Crippen molar-refractivity contribution in [2.45, 2.75) is 127 Å². The molecule has 0 aromatic carbocycles. The molecule has 5 nitrogen and oxygen atoms in total. The van der Waals surface area contributed by atoms with Crippen LogP contribution in [0.2, 0.25) is 0 Å². The number of aliphatic hydroxyl groups excluding tert-OH is 2. The number of carboxylic acid groups (broad SMARTS) is 1. The van der Waals surface area contributed by atoms with Crippen LogP contribution in [0.4, 0.5) is 0 Å². The van der Waals surface area contributed by atoms with E-state index in [0.717, 1.165) is 24.6 Å².